The van der Waals surface area contributed by atoms with Gasteiger partial charge in [-0.1, -0.05) is 5.16 Å². The zero-order valence-corrected chi connectivity index (χ0v) is 8.26. The van der Waals surface area contributed by atoms with Crippen LogP contribution in [0, 0.1) is 6.92 Å². The molecular formula is C9H9N3O3. The molecule has 15 heavy (non-hydrogen) atoms. The SMILES string of the molecule is Cc1cnn(C)c1-c1cc(C(=O)O)no1. The Labute approximate surface area is 85.1 Å². The Bertz CT molecular complexity index is 493. The van der Waals surface area contributed by atoms with Crippen LogP contribution in [0.4, 0.5) is 0 Å². The second-order valence-corrected chi connectivity index (χ2v) is 3.18. The van der Waals surface area contributed by atoms with Crippen molar-refractivity contribution in [2.75, 3.05) is 0 Å². The Morgan fingerprint density at radius 1 is 1.60 bits per heavy atom. The van der Waals surface area contributed by atoms with Gasteiger partial charge in [0.05, 0.1) is 6.20 Å². The third-order valence-corrected chi connectivity index (χ3v) is 2.08. The highest BCUT2D eigenvalue weighted by Crippen LogP contribution is 2.22. The first kappa shape index (κ1) is 9.45. The number of aromatic carboxylic acids is 1. The number of carbonyl (C=O) groups is 1. The minimum atomic E-state index is -1.11. The fraction of sp³-hybridized carbons (Fsp3) is 0.222. The fourth-order valence-electron chi connectivity index (χ4n) is 1.39. The second-order valence-electron chi connectivity index (χ2n) is 3.18. The Morgan fingerprint density at radius 3 is 2.80 bits per heavy atom. The zero-order valence-electron chi connectivity index (χ0n) is 8.26. The topological polar surface area (TPSA) is 81.2 Å². The molecular weight excluding hydrogens is 198 g/mol. The van der Waals surface area contributed by atoms with Crippen LogP contribution in [-0.4, -0.2) is 26.0 Å². The molecule has 0 aliphatic heterocycles. The first-order valence-corrected chi connectivity index (χ1v) is 4.28. The number of carboxylic acid groups (broad SMARTS) is 1. The van der Waals surface area contributed by atoms with Crippen molar-refractivity contribution >= 4 is 5.97 Å². The monoisotopic (exact) mass is 207 g/mol. The lowest BCUT2D eigenvalue weighted by Crippen LogP contribution is -1.95. The average molecular weight is 207 g/mol. The van der Waals surface area contributed by atoms with Gasteiger partial charge in [-0.25, -0.2) is 4.79 Å². The Hall–Kier alpha value is -2.11. The van der Waals surface area contributed by atoms with Crippen molar-refractivity contribution in [3.05, 3.63) is 23.5 Å². The Morgan fingerprint density at radius 2 is 2.33 bits per heavy atom. The van der Waals surface area contributed by atoms with Gasteiger partial charge in [0, 0.05) is 13.1 Å². The molecule has 0 saturated carbocycles. The van der Waals surface area contributed by atoms with Gasteiger partial charge in [0.1, 0.15) is 5.69 Å². The molecule has 2 rings (SSSR count). The van der Waals surface area contributed by atoms with Gasteiger partial charge in [-0.3, -0.25) is 4.68 Å². The van der Waals surface area contributed by atoms with Gasteiger partial charge < -0.3 is 9.63 Å². The van der Waals surface area contributed by atoms with Crippen molar-refractivity contribution < 1.29 is 14.4 Å². The molecule has 0 amide bonds. The molecule has 0 atom stereocenters. The van der Waals surface area contributed by atoms with Crippen LogP contribution in [0.15, 0.2) is 16.8 Å². The van der Waals surface area contributed by atoms with Crippen LogP contribution in [0.25, 0.3) is 11.5 Å². The summed E-state index contributed by atoms with van der Waals surface area (Å²) in [4.78, 5) is 10.6. The van der Waals surface area contributed by atoms with Gasteiger partial charge in [-0.15, -0.1) is 0 Å². The summed E-state index contributed by atoms with van der Waals surface area (Å²) in [6.45, 7) is 1.87. The largest absolute Gasteiger partial charge is 0.476 e. The molecule has 78 valence electrons. The van der Waals surface area contributed by atoms with Crippen molar-refractivity contribution in [3.63, 3.8) is 0 Å². The van der Waals surface area contributed by atoms with Crippen LogP contribution >= 0.6 is 0 Å². The second kappa shape index (κ2) is 3.23. The number of rotatable bonds is 2. The number of hydrogen-bond acceptors (Lipinski definition) is 4. The smallest absolute Gasteiger partial charge is 0.358 e. The highest BCUT2D eigenvalue weighted by atomic mass is 16.5. The summed E-state index contributed by atoms with van der Waals surface area (Å²) in [6, 6.07) is 1.38. The molecule has 0 fully saturated rings. The van der Waals surface area contributed by atoms with Gasteiger partial charge in [-0.2, -0.15) is 5.10 Å². The summed E-state index contributed by atoms with van der Waals surface area (Å²) in [5, 5.41) is 16.2. The lowest BCUT2D eigenvalue weighted by atomic mass is 10.2. The van der Waals surface area contributed by atoms with Crippen molar-refractivity contribution in [2.24, 2.45) is 7.05 Å². The number of aryl methyl sites for hydroxylation is 2. The first-order chi connectivity index (χ1) is 7.09. The maximum Gasteiger partial charge on any atom is 0.358 e. The van der Waals surface area contributed by atoms with E-state index in [4.69, 9.17) is 9.63 Å². The van der Waals surface area contributed by atoms with Crippen molar-refractivity contribution in [1.82, 2.24) is 14.9 Å². The van der Waals surface area contributed by atoms with E-state index in [0.29, 0.717) is 5.76 Å². The third-order valence-electron chi connectivity index (χ3n) is 2.08. The van der Waals surface area contributed by atoms with Crippen LogP contribution in [0.2, 0.25) is 0 Å². The lowest BCUT2D eigenvalue weighted by molar-refractivity contribution is 0.0686. The molecule has 2 heterocycles. The molecule has 0 bridgehead atoms. The summed E-state index contributed by atoms with van der Waals surface area (Å²) in [6.07, 6.45) is 1.68. The van der Waals surface area contributed by atoms with E-state index in [0.717, 1.165) is 11.3 Å². The van der Waals surface area contributed by atoms with E-state index in [2.05, 4.69) is 10.3 Å². The summed E-state index contributed by atoms with van der Waals surface area (Å²) in [7, 11) is 1.76. The average Bonchev–Trinajstić information content (AvgIpc) is 2.73. The van der Waals surface area contributed by atoms with Crippen LogP contribution in [-0.2, 0) is 7.05 Å². The van der Waals surface area contributed by atoms with Crippen molar-refractivity contribution in [3.8, 4) is 11.5 Å². The summed E-state index contributed by atoms with van der Waals surface area (Å²) in [5.41, 5.74) is 1.53. The molecule has 6 heteroatoms. The zero-order chi connectivity index (χ0) is 11.0. The van der Waals surface area contributed by atoms with E-state index in [-0.39, 0.29) is 5.69 Å². The Kier molecular flexibility index (Phi) is 2.03. The lowest BCUT2D eigenvalue weighted by Gasteiger charge is -1.96. The van der Waals surface area contributed by atoms with E-state index < -0.39 is 5.97 Å². The molecule has 0 aliphatic carbocycles. The molecule has 0 aliphatic rings. The molecule has 2 aromatic rings. The van der Waals surface area contributed by atoms with E-state index >= 15 is 0 Å². The third kappa shape index (κ3) is 1.50. The minimum Gasteiger partial charge on any atom is -0.476 e. The van der Waals surface area contributed by atoms with E-state index in [1.807, 2.05) is 6.92 Å². The Balaban J connectivity index is 2.50. The minimum absolute atomic E-state index is 0.106. The summed E-state index contributed by atoms with van der Waals surface area (Å²) < 4.78 is 6.55. The van der Waals surface area contributed by atoms with Crippen molar-refractivity contribution in [1.29, 1.82) is 0 Å². The maximum absolute atomic E-state index is 10.6. The normalized spacial score (nSPS) is 10.5. The van der Waals surface area contributed by atoms with E-state index in [1.54, 1.807) is 17.9 Å². The van der Waals surface area contributed by atoms with Gasteiger partial charge >= 0.3 is 5.97 Å². The predicted molar refractivity (Wildman–Crippen MR) is 50.4 cm³/mol. The molecule has 2 aromatic heterocycles. The summed E-state index contributed by atoms with van der Waals surface area (Å²) >= 11 is 0. The highest BCUT2D eigenvalue weighted by Gasteiger charge is 2.16. The quantitative estimate of drug-likeness (QED) is 0.796. The number of nitrogens with zero attached hydrogens (tertiary/aromatic N) is 3. The molecule has 0 unspecified atom stereocenters. The van der Waals surface area contributed by atoms with E-state index in [1.165, 1.54) is 6.07 Å². The van der Waals surface area contributed by atoms with Gasteiger partial charge in [0.15, 0.2) is 11.5 Å². The maximum atomic E-state index is 10.6. The predicted octanol–water partition coefficient (Wildman–Crippen LogP) is 1.08. The van der Waals surface area contributed by atoms with Gasteiger partial charge in [-0.05, 0) is 12.5 Å². The standard InChI is InChI=1S/C9H9N3O3/c1-5-4-10-12(2)8(5)7-3-6(9(13)14)11-15-7/h3-4H,1-2H3,(H,13,14). The van der Waals surface area contributed by atoms with Crippen LogP contribution in [0.3, 0.4) is 0 Å². The molecule has 6 nitrogen and oxygen atoms in total. The molecule has 1 N–H and O–H groups in total. The van der Waals surface area contributed by atoms with Crippen LogP contribution in [0.5, 0.6) is 0 Å². The van der Waals surface area contributed by atoms with Crippen molar-refractivity contribution in [2.45, 2.75) is 6.92 Å². The summed E-state index contributed by atoms with van der Waals surface area (Å²) in [5.74, 6) is -0.699. The van der Waals surface area contributed by atoms with E-state index in [9.17, 15) is 4.79 Å². The number of carboxylic acids is 1. The van der Waals surface area contributed by atoms with Crippen LogP contribution < -0.4 is 0 Å². The highest BCUT2D eigenvalue weighted by molar-refractivity contribution is 5.86. The van der Waals surface area contributed by atoms with Gasteiger partial charge in [0.2, 0.25) is 0 Å². The molecule has 0 aromatic carbocycles. The number of aromatic nitrogens is 3. The number of hydrogen-bond donors (Lipinski definition) is 1. The molecule has 0 spiro atoms. The fourth-order valence-corrected chi connectivity index (χ4v) is 1.39. The van der Waals surface area contributed by atoms with Crippen LogP contribution in [0.1, 0.15) is 16.1 Å². The van der Waals surface area contributed by atoms with Gasteiger partial charge in [0.25, 0.3) is 0 Å². The first-order valence-electron chi connectivity index (χ1n) is 4.28. The molecule has 0 radical (unpaired) electrons. The molecule has 0 saturated heterocycles.